The van der Waals surface area contributed by atoms with E-state index in [1.807, 2.05) is 13.8 Å². The van der Waals surface area contributed by atoms with E-state index in [1.165, 1.54) is 0 Å². The third kappa shape index (κ3) is 3.38. The van der Waals surface area contributed by atoms with Crippen molar-refractivity contribution in [2.75, 3.05) is 32.8 Å². The lowest BCUT2D eigenvalue weighted by molar-refractivity contribution is 0.247. The third-order valence-corrected chi connectivity index (χ3v) is 6.63. The van der Waals surface area contributed by atoms with Gasteiger partial charge in [0.25, 0.3) is 0 Å². The van der Waals surface area contributed by atoms with Crippen molar-refractivity contribution in [3.63, 3.8) is 0 Å². The number of nitrogens with zero attached hydrogens (tertiary/aromatic N) is 1. The molecule has 0 bridgehead atoms. The SMILES string of the molecule is CCOc1ccc(S(=O)(=O)N2CCC3NCCC3C2)cc1OCC. The third-order valence-electron chi connectivity index (χ3n) is 4.77. The highest BCUT2D eigenvalue weighted by molar-refractivity contribution is 7.89. The molecule has 7 heteroatoms. The van der Waals surface area contributed by atoms with Gasteiger partial charge in [0, 0.05) is 25.2 Å². The Kier molecular flexibility index (Phi) is 5.32. The van der Waals surface area contributed by atoms with Gasteiger partial charge in [-0.2, -0.15) is 4.31 Å². The Bertz CT molecular complexity index is 677. The first kappa shape index (κ1) is 17.5. The number of sulfonamides is 1. The van der Waals surface area contributed by atoms with Crippen molar-refractivity contribution in [2.24, 2.45) is 5.92 Å². The van der Waals surface area contributed by atoms with E-state index in [-0.39, 0.29) is 4.90 Å². The molecule has 2 atom stereocenters. The lowest BCUT2D eigenvalue weighted by Gasteiger charge is -2.34. The molecule has 2 aliphatic heterocycles. The van der Waals surface area contributed by atoms with Crippen molar-refractivity contribution >= 4 is 10.0 Å². The molecule has 0 saturated carbocycles. The van der Waals surface area contributed by atoms with Crippen molar-refractivity contribution in [1.29, 1.82) is 0 Å². The molecular weight excluding hydrogens is 328 g/mol. The van der Waals surface area contributed by atoms with Gasteiger partial charge in [0.15, 0.2) is 11.5 Å². The van der Waals surface area contributed by atoms with Gasteiger partial charge < -0.3 is 14.8 Å². The molecule has 134 valence electrons. The van der Waals surface area contributed by atoms with Crippen molar-refractivity contribution < 1.29 is 17.9 Å². The molecule has 2 aliphatic rings. The molecule has 0 aliphatic carbocycles. The summed E-state index contributed by atoms with van der Waals surface area (Å²) in [6.45, 7) is 6.87. The maximum atomic E-state index is 13.0. The van der Waals surface area contributed by atoms with Gasteiger partial charge in [-0.25, -0.2) is 8.42 Å². The normalized spacial score (nSPS) is 24.6. The van der Waals surface area contributed by atoms with Gasteiger partial charge in [-0.05, 0) is 51.3 Å². The summed E-state index contributed by atoms with van der Waals surface area (Å²) in [5.41, 5.74) is 0. The highest BCUT2D eigenvalue weighted by Gasteiger charge is 2.37. The summed E-state index contributed by atoms with van der Waals surface area (Å²) in [6, 6.07) is 5.35. The first-order chi connectivity index (χ1) is 11.6. The van der Waals surface area contributed by atoms with Crippen LogP contribution in [0.15, 0.2) is 23.1 Å². The standard InChI is InChI=1S/C17H26N2O4S/c1-3-22-16-6-5-14(11-17(16)23-4-2)24(20,21)19-10-8-15-13(12-19)7-9-18-15/h5-6,11,13,15,18H,3-4,7-10,12H2,1-2H3. The van der Waals surface area contributed by atoms with Crippen molar-refractivity contribution in [3.8, 4) is 11.5 Å². The Morgan fingerprint density at radius 2 is 1.92 bits per heavy atom. The molecule has 2 heterocycles. The van der Waals surface area contributed by atoms with E-state index in [2.05, 4.69) is 5.32 Å². The van der Waals surface area contributed by atoms with Crippen LogP contribution in [0.3, 0.4) is 0 Å². The van der Waals surface area contributed by atoms with Crippen LogP contribution in [0, 0.1) is 5.92 Å². The number of ether oxygens (including phenoxy) is 2. The molecule has 2 unspecified atom stereocenters. The Labute approximate surface area is 144 Å². The van der Waals surface area contributed by atoms with E-state index < -0.39 is 10.0 Å². The summed E-state index contributed by atoms with van der Waals surface area (Å²) < 4.78 is 38.7. The van der Waals surface area contributed by atoms with Crippen LogP contribution >= 0.6 is 0 Å². The van der Waals surface area contributed by atoms with Gasteiger partial charge in [0.2, 0.25) is 10.0 Å². The average Bonchev–Trinajstić information content (AvgIpc) is 3.04. The van der Waals surface area contributed by atoms with Crippen LogP contribution in [0.1, 0.15) is 26.7 Å². The lowest BCUT2D eigenvalue weighted by atomic mass is 9.95. The number of hydrogen-bond donors (Lipinski definition) is 1. The molecule has 0 radical (unpaired) electrons. The molecule has 3 rings (SSSR count). The predicted octanol–water partition coefficient (Wildman–Crippen LogP) is 1.86. The quantitative estimate of drug-likeness (QED) is 0.844. The zero-order chi connectivity index (χ0) is 17.2. The van der Waals surface area contributed by atoms with Gasteiger partial charge in [-0.3, -0.25) is 0 Å². The molecule has 0 amide bonds. The second-order valence-corrected chi connectivity index (χ2v) is 8.17. The fourth-order valence-corrected chi connectivity index (χ4v) is 5.10. The highest BCUT2D eigenvalue weighted by atomic mass is 32.2. The summed E-state index contributed by atoms with van der Waals surface area (Å²) >= 11 is 0. The van der Waals surface area contributed by atoms with E-state index in [0.717, 1.165) is 19.4 Å². The van der Waals surface area contributed by atoms with Gasteiger partial charge in [0.1, 0.15) is 0 Å². The molecule has 0 aromatic heterocycles. The Balaban J connectivity index is 1.84. The monoisotopic (exact) mass is 354 g/mol. The highest BCUT2D eigenvalue weighted by Crippen LogP contribution is 2.33. The maximum absolute atomic E-state index is 13.0. The smallest absolute Gasteiger partial charge is 0.243 e. The van der Waals surface area contributed by atoms with Gasteiger partial charge >= 0.3 is 0 Å². The number of piperidine rings is 1. The number of hydrogen-bond acceptors (Lipinski definition) is 5. The summed E-state index contributed by atoms with van der Waals surface area (Å²) in [5, 5.41) is 3.46. The molecule has 24 heavy (non-hydrogen) atoms. The van der Waals surface area contributed by atoms with Crippen LogP contribution in [-0.4, -0.2) is 51.6 Å². The molecule has 2 saturated heterocycles. The summed E-state index contributed by atoms with van der Waals surface area (Å²) in [4.78, 5) is 0.277. The number of nitrogens with one attached hydrogen (secondary N) is 1. The molecule has 0 spiro atoms. The predicted molar refractivity (Wildman–Crippen MR) is 92.1 cm³/mol. The van der Waals surface area contributed by atoms with Crippen molar-refractivity contribution in [3.05, 3.63) is 18.2 Å². The topological polar surface area (TPSA) is 67.9 Å². The van der Waals surface area contributed by atoms with Gasteiger partial charge in [-0.1, -0.05) is 0 Å². The van der Waals surface area contributed by atoms with Crippen molar-refractivity contribution in [1.82, 2.24) is 9.62 Å². The van der Waals surface area contributed by atoms with E-state index in [0.29, 0.717) is 49.8 Å². The summed E-state index contributed by atoms with van der Waals surface area (Å²) in [7, 11) is -3.50. The van der Waals surface area contributed by atoms with Gasteiger partial charge in [-0.15, -0.1) is 0 Å². The molecule has 2 fully saturated rings. The number of rotatable bonds is 6. The Morgan fingerprint density at radius 3 is 2.67 bits per heavy atom. The zero-order valence-electron chi connectivity index (χ0n) is 14.3. The van der Waals surface area contributed by atoms with Crippen molar-refractivity contribution in [2.45, 2.75) is 37.6 Å². The second kappa shape index (κ2) is 7.29. The van der Waals surface area contributed by atoms with Crippen LogP contribution in [0.2, 0.25) is 0 Å². The molecule has 6 nitrogen and oxygen atoms in total. The summed E-state index contributed by atoms with van der Waals surface area (Å²) in [6.07, 6.45) is 1.92. The molecule has 1 aromatic carbocycles. The van der Waals surface area contributed by atoms with E-state index in [9.17, 15) is 8.42 Å². The fraction of sp³-hybridized carbons (Fsp3) is 0.647. The van der Waals surface area contributed by atoms with E-state index in [1.54, 1.807) is 22.5 Å². The number of benzene rings is 1. The molecular formula is C17H26N2O4S. The largest absolute Gasteiger partial charge is 0.490 e. The van der Waals surface area contributed by atoms with E-state index in [4.69, 9.17) is 9.47 Å². The minimum Gasteiger partial charge on any atom is -0.490 e. The Morgan fingerprint density at radius 1 is 1.17 bits per heavy atom. The van der Waals surface area contributed by atoms with Crippen LogP contribution in [0.5, 0.6) is 11.5 Å². The van der Waals surface area contributed by atoms with Crippen LogP contribution in [0.25, 0.3) is 0 Å². The van der Waals surface area contributed by atoms with Crippen LogP contribution < -0.4 is 14.8 Å². The summed E-state index contributed by atoms with van der Waals surface area (Å²) in [5.74, 6) is 1.48. The Hall–Kier alpha value is -1.31. The minimum atomic E-state index is -3.50. The second-order valence-electron chi connectivity index (χ2n) is 6.24. The van der Waals surface area contributed by atoms with E-state index >= 15 is 0 Å². The first-order valence-corrected chi connectivity index (χ1v) is 10.1. The van der Waals surface area contributed by atoms with Crippen LogP contribution in [-0.2, 0) is 10.0 Å². The molecule has 1 N–H and O–H groups in total. The number of fused-ring (bicyclic) bond motifs is 1. The minimum absolute atomic E-state index is 0.277. The maximum Gasteiger partial charge on any atom is 0.243 e. The first-order valence-electron chi connectivity index (χ1n) is 8.69. The van der Waals surface area contributed by atoms with Crippen LogP contribution in [0.4, 0.5) is 0 Å². The molecule has 1 aromatic rings. The average molecular weight is 354 g/mol. The van der Waals surface area contributed by atoms with Gasteiger partial charge in [0.05, 0.1) is 18.1 Å². The zero-order valence-corrected chi connectivity index (χ0v) is 15.1. The fourth-order valence-electron chi connectivity index (χ4n) is 3.57. The lowest BCUT2D eigenvalue weighted by Crippen LogP contribution is -2.46.